The van der Waals surface area contributed by atoms with Crippen LogP contribution in [0.25, 0.3) is 0 Å². The van der Waals surface area contributed by atoms with Crippen LogP contribution in [-0.4, -0.2) is 41.5 Å². The first kappa shape index (κ1) is 15.1. The molecule has 0 heterocycles. The number of rotatable bonds is 7. The van der Waals surface area contributed by atoms with E-state index in [1.807, 2.05) is 0 Å². The van der Waals surface area contributed by atoms with E-state index < -0.39 is 5.97 Å². The molecule has 0 fully saturated rings. The van der Waals surface area contributed by atoms with Crippen LogP contribution in [0, 0.1) is 5.82 Å². The Morgan fingerprint density at radius 2 is 2.00 bits per heavy atom. The molecule has 1 rings (SSSR count). The van der Waals surface area contributed by atoms with Gasteiger partial charge in [0, 0.05) is 12.1 Å². The van der Waals surface area contributed by atoms with Crippen molar-refractivity contribution in [2.24, 2.45) is 0 Å². The van der Waals surface area contributed by atoms with Crippen molar-refractivity contribution in [3.8, 4) is 0 Å². The van der Waals surface area contributed by atoms with Crippen molar-refractivity contribution in [3.05, 3.63) is 35.6 Å². The molecule has 19 heavy (non-hydrogen) atoms. The van der Waals surface area contributed by atoms with Gasteiger partial charge in [0.1, 0.15) is 5.82 Å². The van der Waals surface area contributed by atoms with Gasteiger partial charge in [0.05, 0.1) is 13.1 Å². The molecule has 0 aromatic heterocycles. The number of carboxylic acids is 1. The number of halogens is 1. The minimum atomic E-state index is -0.983. The van der Waals surface area contributed by atoms with E-state index in [1.54, 1.807) is 25.1 Å². The van der Waals surface area contributed by atoms with Crippen molar-refractivity contribution in [2.75, 3.05) is 19.6 Å². The van der Waals surface area contributed by atoms with E-state index in [4.69, 9.17) is 5.11 Å². The number of hydrogen-bond acceptors (Lipinski definition) is 3. The average molecular weight is 268 g/mol. The van der Waals surface area contributed by atoms with Crippen LogP contribution in [0.1, 0.15) is 12.5 Å². The number of benzene rings is 1. The molecule has 5 nitrogen and oxygen atoms in total. The van der Waals surface area contributed by atoms with E-state index in [2.05, 4.69) is 5.32 Å². The highest BCUT2D eigenvalue weighted by Crippen LogP contribution is 2.05. The molecule has 1 aromatic rings. The molecule has 0 aliphatic carbocycles. The number of amides is 1. The molecule has 0 atom stereocenters. The number of hydrogen-bond donors (Lipinski definition) is 2. The van der Waals surface area contributed by atoms with Gasteiger partial charge in [-0.05, 0) is 12.6 Å². The maximum absolute atomic E-state index is 13.3. The zero-order valence-electron chi connectivity index (χ0n) is 10.7. The lowest BCUT2D eigenvalue weighted by molar-refractivity contribution is -0.138. The Bertz CT molecular complexity index is 451. The number of nitrogens with one attached hydrogen (secondary N) is 1. The minimum Gasteiger partial charge on any atom is -0.480 e. The smallest absolute Gasteiger partial charge is 0.317 e. The summed E-state index contributed by atoms with van der Waals surface area (Å²) >= 11 is 0. The Hall–Kier alpha value is -1.95. The standard InChI is InChI=1S/C13H17FN2O3/c1-2-16(9-13(18)19)8-12(17)15-7-10-5-3-4-6-11(10)14/h3-6H,2,7-9H2,1H3,(H,15,17)(H,18,19). The molecule has 2 N–H and O–H groups in total. The second-order valence-electron chi connectivity index (χ2n) is 4.07. The summed E-state index contributed by atoms with van der Waals surface area (Å²) in [7, 11) is 0. The molecular formula is C13H17FN2O3. The fourth-order valence-corrected chi connectivity index (χ4v) is 1.57. The van der Waals surface area contributed by atoms with Crippen LogP contribution < -0.4 is 5.32 Å². The lowest BCUT2D eigenvalue weighted by Crippen LogP contribution is -2.39. The van der Waals surface area contributed by atoms with Crippen LogP contribution in [0.3, 0.4) is 0 Å². The Balaban J connectivity index is 2.43. The van der Waals surface area contributed by atoms with Crippen molar-refractivity contribution < 1.29 is 19.1 Å². The van der Waals surface area contributed by atoms with Gasteiger partial charge in [0.25, 0.3) is 0 Å². The van der Waals surface area contributed by atoms with E-state index in [0.717, 1.165) is 0 Å². The van der Waals surface area contributed by atoms with Gasteiger partial charge in [-0.25, -0.2) is 4.39 Å². The first-order valence-corrected chi connectivity index (χ1v) is 5.97. The van der Waals surface area contributed by atoms with E-state index in [0.29, 0.717) is 12.1 Å². The lowest BCUT2D eigenvalue weighted by atomic mass is 10.2. The summed E-state index contributed by atoms with van der Waals surface area (Å²) in [6.07, 6.45) is 0. The first-order valence-electron chi connectivity index (χ1n) is 5.97. The molecule has 1 amide bonds. The third kappa shape index (κ3) is 5.48. The number of likely N-dealkylation sites (N-methyl/N-ethyl adjacent to an activating group) is 1. The monoisotopic (exact) mass is 268 g/mol. The SMILES string of the molecule is CCN(CC(=O)O)CC(=O)NCc1ccccc1F. The average Bonchev–Trinajstić information content (AvgIpc) is 2.36. The molecule has 0 unspecified atom stereocenters. The Labute approximate surface area is 111 Å². The maximum Gasteiger partial charge on any atom is 0.317 e. The third-order valence-electron chi connectivity index (χ3n) is 2.61. The molecule has 0 spiro atoms. The van der Waals surface area contributed by atoms with Gasteiger partial charge in [-0.15, -0.1) is 0 Å². The highest BCUT2D eigenvalue weighted by atomic mass is 19.1. The number of carboxylic acid groups (broad SMARTS) is 1. The van der Waals surface area contributed by atoms with Gasteiger partial charge in [-0.3, -0.25) is 14.5 Å². The maximum atomic E-state index is 13.3. The highest BCUT2D eigenvalue weighted by Gasteiger charge is 2.12. The van der Waals surface area contributed by atoms with Gasteiger partial charge < -0.3 is 10.4 Å². The molecule has 6 heteroatoms. The summed E-state index contributed by atoms with van der Waals surface area (Å²) in [5.74, 6) is -1.68. The highest BCUT2D eigenvalue weighted by molar-refractivity contribution is 5.79. The molecule has 0 aliphatic heterocycles. The molecule has 0 bridgehead atoms. The summed E-state index contributed by atoms with van der Waals surface area (Å²) in [5.41, 5.74) is 0.400. The zero-order chi connectivity index (χ0) is 14.3. The largest absolute Gasteiger partial charge is 0.480 e. The first-order chi connectivity index (χ1) is 9.02. The van der Waals surface area contributed by atoms with Crippen LogP contribution in [0.2, 0.25) is 0 Å². The van der Waals surface area contributed by atoms with Crippen LogP contribution in [0.5, 0.6) is 0 Å². The van der Waals surface area contributed by atoms with E-state index in [-0.39, 0.29) is 31.4 Å². The van der Waals surface area contributed by atoms with Gasteiger partial charge in [-0.1, -0.05) is 25.1 Å². The van der Waals surface area contributed by atoms with Crippen molar-refractivity contribution in [1.29, 1.82) is 0 Å². The van der Waals surface area contributed by atoms with Crippen LogP contribution >= 0.6 is 0 Å². The summed E-state index contributed by atoms with van der Waals surface area (Å²) in [6, 6.07) is 6.17. The van der Waals surface area contributed by atoms with E-state index in [9.17, 15) is 14.0 Å². The molecule has 0 saturated heterocycles. The predicted molar refractivity (Wildman–Crippen MR) is 68.0 cm³/mol. The van der Waals surface area contributed by atoms with Crippen molar-refractivity contribution in [1.82, 2.24) is 10.2 Å². The molecule has 1 aromatic carbocycles. The number of aliphatic carboxylic acids is 1. The summed E-state index contributed by atoms with van der Waals surface area (Å²) in [5, 5.41) is 11.2. The Morgan fingerprint density at radius 1 is 1.32 bits per heavy atom. The second kappa shape index (κ2) is 7.48. The topological polar surface area (TPSA) is 69.6 Å². The quantitative estimate of drug-likeness (QED) is 0.769. The summed E-state index contributed by atoms with van der Waals surface area (Å²) < 4.78 is 13.3. The Morgan fingerprint density at radius 3 is 2.58 bits per heavy atom. The van der Waals surface area contributed by atoms with Crippen LogP contribution in [0.15, 0.2) is 24.3 Å². The zero-order valence-corrected chi connectivity index (χ0v) is 10.7. The van der Waals surface area contributed by atoms with Gasteiger partial charge in [0.2, 0.25) is 5.91 Å². The fourth-order valence-electron chi connectivity index (χ4n) is 1.57. The van der Waals surface area contributed by atoms with Crippen molar-refractivity contribution >= 4 is 11.9 Å². The van der Waals surface area contributed by atoms with Crippen molar-refractivity contribution in [2.45, 2.75) is 13.5 Å². The van der Waals surface area contributed by atoms with E-state index in [1.165, 1.54) is 11.0 Å². The van der Waals surface area contributed by atoms with E-state index >= 15 is 0 Å². The molecule has 0 saturated carbocycles. The molecule has 104 valence electrons. The number of carbonyl (C=O) groups is 2. The van der Waals surface area contributed by atoms with Gasteiger partial charge in [0.15, 0.2) is 0 Å². The fraction of sp³-hybridized carbons (Fsp3) is 0.385. The summed E-state index contributed by atoms with van der Waals surface area (Å²) in [4.78, 5) is 23.6. The van der Waals surface area contributed by atoms with Crippen molar-refractivity contribution in [3.63, 3.8) is 0 Å². The number of carbonyl (C=O) groups excluding carboxylic acids is 1. The lowest BCUT2D eigenvalue weighted by Gasteiger charge is -2.17. The minimum absolute atomic E-state index is 0.0166. The second-order valence-corrected chi connectivity index (χ2v) is 4.07. The number of nitrogens with zero attached hydrogens (tertiary/aromatic N) is 1. The summed E-state index contributed by atoms with van der Waals surface area (Å²) in [6.45, 7) is 2.11. The molecule has 0 radical (unpaired) electrons. The normalized spacial score (nSPS) is 10.5. The molecular weight excluding hydrogens is 251 g/mol. The van der Waals surface area contributed by atoms with Crippen LogP contribution in [-0.2, 0) is 16.1 Å². The predicted octanol–water partition coefficient (Wildman–Crippen LogP) is 0.848. The third-order valence-corrected chi connectivity index (χ3v) is 2.61. The van der Waals surface area contributed by atoms with Gasteiger partial charge >= 0.3 is 5.97 Å². The van der Waals surface area contributed by atoms with Crippen LogP contribution in [0.4, 0.5) is 4.39 Å². The Kier molecular flexibility index (Phi) is 5.95. The van der Waals surface area contributed by atoms with Gasteiger partial charge in [-0.2, -0.15) is 0 Å². The molecule has 0 aliphatic rings.